The molecule has 0 saturated carbocycles. The highest BCUT2D eigenvalue weighted by Crippen LogP contribution is 2.30. The summed E-state index contributed by atoms with van der Waals surface area (Å²) in [5, 5.41) is 10.9. The third kappa shape index (κ3) is 3.64. The standard InChI is InChI=1S/C20H19ClFNO3/c1-13-2-5-17(6-3-13)23-9-8-20(26,19(23)25)18(24)7-4-14-10-15(21)12-16(22)11-14/h2-3,5-6,10-12,26H,4,7-9H2,1H3. The summed E-state index contributed by atoms with van der Waals surface area (Å²) in [6, 6.07) is 11.4. The maximum absolute atomic E-state index is 13.4. The Morgan fingerprint density at radius 1 is 1.27 bits per heavy atom. The van der Waals surface area contributed by atoms with Crippen LogP contribution in [-0.2, 0) is 16.0 Å². The monoisotopic (exact) mass is 375 g/mol. The minimum absolute atomic E-state index is 0.0441. The van der Waals surface area contributed by atoms with E-state index in [4.69, 9.17) is 11.6 Å². The molecule has 3 rings (SSSR count). The molecule has 1 heterocycles. The fourth-order valence-electron chi connectivity index (χ4n) is 3.16. The molecule has 2 aromatic carbocycles. The third-order valence-corrected chi connectivity index (χ3v) is 4.88. The van der Waals surface area contributed by atoms with Gasteiger partial charge in [0.05, 0.1) is 0 Å². The SMILES string of the molecule is Cc1ccc(N2CCC(O)(C(=O)CCc3cc(F)cc(Cl)c3)C2=O)cc1. The van der Waals surface area contributed by atoms with Crippen LogP contribution >= 0.6 is 11.6 Å². The molecule has 0 radical (unpaired) electrons. The molecule has 2 aromatic rings. The number of nitrogens with zero attached hydrogens (tertiary/aromatic N) is 1. The summed E-state index contributed by atoms with van der Waals surface area (Å²) in [6.45, 7) is 2.21. The zero-order valence-electron chi connectivity index (χ0n) is 14.3. The van der Waals surface area contributed by atoms with Crippen LogP contribution in [0.25, 0.3) is 0 Å². The quantitative estimate of drug-likeness (QED) is 0.814. The molecule has 4 nitrogen and oxygen atoms in total. The first-order valence-corrected chi connectivity index (χ1v) is 8.77. The van der Waals surface area contributed by atoms with E-state index in [2.05, 4.69) is 0 Å². The molecule has 1 N–H and O–H groups in total. The van der Waals surface area contributed by atoms with Gasteiger partial charge in [0.15, 0.2) is 5.78 Å². The Labute approximate surface area is 156 Å². The van der Waals surface area contributed by atoms with Crippen molar-refractivity contribution in [2.75, 3.05) is 11.4 Å². The highest BCUT2D eigenvalue weighted by molar-refractivity contribution is 6.30. The lowest BCUT2D eigenvalue weighted by Crippen LogP contribution is -2.47. The van der Waals surface area contributed by atoms with Gasteiger partial charge in [-0.2, -0.15) is 0 Å². The fourth-order valence-corrected chi connectivity index (χ4v) is 3.40. The van der Waals surface area contributed by atoms with Crippen molar-refractivity contribution in [3.63, 3.8) is 0 Å². The first kappa shape index (κ1) is 18.5. The number of rotatable bonds is 5. The fraction of sp³-hybridized carbons (Fsp3) is 0.300. The van der Waals surface area contributed by atoms with Crippen molar-refractivity contribution in [1.82, 2.24) is 0 Å². The molecule has 0 aliphatic carbocycles. The van der Waals surface area contributed by atoms with Crippen molar-refractivity contribution in [1.29, 1.82) is 0 Å². The maximum atomic E-state index is 13.4. The number of carbonyl (C=O) groups is 2. The number of Topliss-reactive ketones (excluding diaryl/α,β-unsaturated/α-hetero) is 1. The van der Waals surface area contributed by atoms with E-state index in [0.717, 1.165) is 5.56 Å². The van der Waals surface area contributed by atoms with Crippen molar-refractivity contribution in [2.24, 2.45) is 0 Å². The number of aryl methyl sites for hydroxylation is 2. The lowest BCUT2D eigenvalue weighted by Gasteiger charge is -2.21. The number of aliphatic hydroxyl groups is 1. The van der Waals surface area contributed by atoms with Crippen molar-refractivity contribution < 1.29 is 19.1 Å². The van der Waals surface area contributed by atoms with Gasteiger partial charge in [-0.25, -0.2) is 4.39 Å². The second kappa shape index (κ2) is 7.17. The Bertz CT molecular complexity index is 832. The second-order valence-corrected chi connectivity index (χ2v) is 7.04. The van der Waals surface area contributed by atoms with Crippen molar-refractivity contribution in [3.05, 3.63) is 64.4 Å². The normalized spacial score (nSPS) is 19.8. The minimum Gasteiger partial charge on any atom is -0.373 e. The van der Waals surface area contributed by atoms with Gasteiger partial charge in [0.1, 0.15) is 5.82 Å². The Hall–Kier alpha value is -2.24. The largest absolute Gasteiger partial charge is 0.373 e. The van der Waals surface area contributed by atoms with Gasteiger partial charge < -0.3 is 10.0 Å². The molecule has 136 valence electrons. The van der Waals surface area contributed by atoms with Crippen LogP contribution in [-0.4, -0.2) is 28.9 Å². The molecule has 1 saturated heterocycles. The summed E-state index contributed by atoms with van der Waals surface area (Å²) < 4.78 is 13.4. The summed E-state index contributed by atoms with van der Waals surface area (Å²) in [4.78, 5) is 26.6. The summed E-state index contributed by atoms with van der Waals surface area (Å²) in [5.41, 5.74) is 0.233. The van der Waals surface area contributed by atoms with Crippen molar-refractivity contribution >= 4 is 29.0 Å². The van der Waals surface area contributed by atoms with Crippen molar-refractivity contribution in [2.45, 2.75) is 31.8 Å². The lowest BCUT2D eigenvalue weighted by molar-refractivity contribution is -0.147. The van der Waals surface area contributed by atoms with E-state index in [0.29, 0.717) is 11.3 Å². The summed E-state index contributed by atoms with van der Waals surface area (Å²) in [5.74, 6) is -1.65. The number of halogens is 2. The van der Waals surface area contributed by atoms with Crippen LogP contribution in [0.15, 0.2) is 42.5 Å². The first-order chi connectivity index (χ1) is 12.3. The van der Waals surface area contributed by atoms with Crippen LogP contribution < -0.4 is 4.90 Å². The van der Waals surface area contributed by atoms with E-state index in [-0.39, 0.29) is 30.8 Å². The molecule has 1 aliphatic rings. The van der Waals surface area contributed by atoms with Crippen LogP contribution in [0.2, 0.25) is 5.02 Å². The van der Waals surface area contributed by atoms with Gasteiger partial charge in [-0.1, -0.05) is 29.3 Å². The molecule has 6 heteroatoms. The minimum atomic E-state index is -2.03. The zero-order chi connectivity index (χ0) is 18.9. The number of amides is 1. The van der Waals surface area contributed by atoms with Crippen LogP contribution in [0.4, 0.5) is 10.1 Å². The Morgan fingerprint density at radius 2 is 1.96 bits per heavy atom. The number of benzene rings is 2. The molecule has 0 aromatic heterocycles. The van der Waals surface area contributed by atoms with Gasteiger partial charge >= 0.3 is 0 Å². The number of hydrogen-bond acceptors (Lipinski definition) is 3. The number of anilines is 1. The number of ketones is 1. The molecule has 1 fully saturated rings. The highest BCUT2D eigenvalue weighted by atomic mass is 35.5. The summed E-state index contributed by atoms with van der Waals surface area (Å²) in [6.07, 6.45) is 0.183. The van der Waals surface area contributed by atoms with Gasteiger partial charge in [-0.3, -0.25) is 9.59 Å². The van der Waals surface area contributed by atoms with Gasteiger partial charge in [0.25, 0.3) is 5.91 Å². The summed E-state index contributed by atoms with van der Waals surface area (Å²) >= 11 is 5.81. The second-order valence-electron chi connectivity index (χ2n) is 6.60. The van der Waals surface area contributed by atoms with Gasteiger partial charge in [0, 0.05) is 30.1 Å². The van der Waals surface area contributed by atoms with E-state index in [1.54, 1.807) is 18.2 Å². The molecule has 1 unspecified atom stereocenters. The molecular formula is C20H19ClFNO3. The zero-order valence-corrected chi connectivity index (χ0v) is 15.1. The highest BCUT2D eigenvalue weighted by Gasteiger charge is 2.50. The predicted octanol–water partition coefficient (Wildman–Crippen LogP) is 3.46. The average molecular weight is 376 g/mol. The first-order valence-electron chi connectivity index (χ1n) is 8.39. The molecule has 0 spiro atoms. The molecule has 1 amide bonds. The molecule has 0 bridgehead atoms. The third-order valence-electron chi connectivity index (χ3n) is 4.67. The Kier molecular flexibility index (Phi) is 5.12. The van der Waals surface area contributed by atoms with E-state index in [1.165, 1.54) is 17.0 Å². The predicted molar refractivity (Wildman–Crippen MR) is 97.8 cm³/mol. The molecular weight excluding hydrogens is 357 g/mol. The molecule has 1 atom stereocenters. The number of hydrogen-bond donors (Lipinski definition) is 1. The van der Waals surface area contributed by atoms with Crippen LogP contribution in [0.1, 0.15) is 24.0 Å². The number of carbonyl (C=O) groups excluding carboxylic acids is 2. The van der Waals surface area contributed by atoms with Crippen LogP contribution in [0.3, 0.4) is 0 Å². The van der Waals surface area contributed by atoms with Gasteiger partial charge in [0.2, 0.25) is 5.60 Å². The Morgan fingerprint density at radius 3 is 2.62 bits per heavy atom. The molecule has 26 heavy (non-hydrogen) atoms. The maximum Gasteiger partial charge on any atom is 0.266 e. The smallest absolute Gasteiger partial charge is 0.266 e. The van der Waals surface area contributed by atoms with Crippen LogP contribution in [0.5, 0.6) is 0 Å². The van der Waals surface area contributed by atoms with Crippen molar-refractivity contribution in [3.8, 4) is 0 Å². The van der Waals surface area contributed by atoms with Gasteiger partial charge in [-0.05, 0) is 49.2 Å². The van der Waals surface area contributed by atoms with Crippen LogP contribution in [0, 0.1) is 12.7 Å². The van der Waals surface area contributed by atoms with Gasteiger partial charge in [-0.15, -0.1) is 0 Å². The lowest BCUT2D eigenvalue weighted by atomic mass is 9.92. The Balaban J connectivity index is 1.70. The average Bonchev–Trinajstić information content (AvgIpc) is 2.89. The molecule has 1 aliphatic heterocycles. The van der Waals surface area contributed by atoms with E-state index in [1.807, 2.05) is 19.1 Å². The van der Waals surface area contributed by atoms with E-state index < -0.39 is 23.1 Å². The topological polar surface area (TPSA) is 57.6 Å². The summed E-state index contributed by atoms with van der Waals surface area (Å²) in [7, 11) is 0. The van der Waals surface area contributed by atoms with E-state index >= 15 is 0 Å². The van der Waals surface area contributed by atoms with E-state index in [9.17, 15) is 19.1 Å².